The van der Waals surface area contributed by atoms with Crippen LogP contribution in [0.5, 0.6) is 0 Å². The molecule has 0 aliphatic heterocycles. The SMILES string of the molecule is CC(=O)CCC(=O)NCCOCCOCCOCCOCCC(=O)N[C@H](C(=O)N[C@@H](CCCNC(N)=O)C(=O)Nc1ccc(CO)cc1)C(C)C. The standard InChI is InChI=1S/C34H56N6O11/c1-24(2)31(33(46)39-28(5-4-13-37-34(35)47)32(45)38-27-9-7-26(23-41)8-10-27)40-30(44)12-15-48-17-19-50-21-22-51-20-18-49-16-14-36-29(43)11-6-25(3)42/h7-10,24,28,31,41H,4-6,11-23H2,1-3H3,(H,36,43)(H,38,45)(H,39,46)(H,40,44)(H3,35,37,47)/t28-,31-/m0/s1. The van der Waals surface area contributed by atoms with Gasteiger partial charge in [-0.3, -0.25) is 19.2 Å². The topological polar surface area (TPSA) is 246 Å². The molecule has 0 fully saturated rings. The van der Waals surface area contributed by atoms with Crippen molar-refractivity contribution in [2.24, 2.45) is 11.7 Å². The number of nitrogens with one attached hydrogen (secondary N) is 5. The predicted octanol–water partition coefficient (Wildman–Crippen LogP) is 0.133. The molecule has 288 valence electrons. The van der Waals surface area contributed by atoms with E-state index in [9.17, 15) is 33.9 Å². The molecule has 8 N–H and O–H groups in total. The Morgan fingerprint density at radius 2 is 1.29 bits per heavy atom. The summed E-state index contributed by atoms with van der Waals surface area (Å²) in [5, 5.41) is 22.6. The lowest BCUT2D eigenvalue weighted by atomic mass is 10.0. The monoisotopic (exact) mass is 724 g/mol. The Labute approximate surface area is 299 Å². The first-order valence-electron chi connectivity index (χ1n) is 17.1. The number of urea groups is 1. The van der Waals surface area contributed by atoms with Crippen molar-refractivity contribution in [3.63, 3.8) is 0 Å². The first kappa shape index (κ1) is 44.9. The summed E-state index contributed by atoms with van der Waals surface area (Å²) in [5.41, 5.74) is 6.26. The summed E-state index contributed by atoms with van der Waals surface area (Å²) < 4.78 is 21.7. The molecule has 6 amide bonds. The smallest absolute Gasteiger partial charge is 0.312 e. The third-order valence-electron chi connectivity index (χ3n) is 7.13. The molecule has 1 aromatic rings. The second kappa shape index (κ2) is 27.5. The van der Waals surface area contributed by atoms with E-state index in [2.05, 4.69) is 26.6 Å². The van der Waals surface area contributed by atoms with Crippen LogP contribution in [0.15, 0.2) is 24.3 Å². The lowest BCUT2D eigenvalue weighted by molar-refractivity contribution is -0.132. The minimum atomic E-state index is -0.971. The molecular weight excluding hydrogens is 668 g/mol. The van der Waals surface area contributed by atoms with Crippen molar-refractivity contribution in [1.82, 2.24) is 21.3 Å². The van der Waals surface area contributed by atoms with Crippen molar-refractivity contribution < 1.29 is 52.8 Å². The van der Waals surface area contributed by atoms with Crippen molar-refractivity contribution in [3.8, 4) is 0 Å². The minimum absolute atomic E-state index is 0.00818. The number of rotatable bonds is 29. The Hall–Kier alpha value is -4.16. The fourth-order valence-corrected chi connectivity index (χ4v) is 4.32. The van der Waals surface area contributed by atoms with Crippen LogP contribution in [0.2, 0.25) is 0 Å². The van der Waals surface area contributed by atoms with E-state index in [-0.39, 0.29) is 69.7 Å². The zero-order chi connectivity index (χ0) is 37.9. The van der Waals surface area contributed by atoms with E-state index in [0.29, 0.717) is 63.9 Å². The maximum atomic E-state index is 13.3. The van der Waals surface area contributed by atoms with Crippen molar-refractivity contribution in [1.29, 1.82) is 0 Å². The molecule has 0 radical (unpaired) electrons. The highest BCUT2D eigenvalue weighted by Crippen LogP contribution is 2.12. The van der Waals surface area contributed by atoms with Gasteiger partial charge in [-0.2, -0.15) is 0 Å². The van der Waals surface area contributed by atoms with Crippen LogP contribution in [0.4, 0.5) is 10.5 Å². The Balaban J connectivity index is 2.32. The predicted molar refractivity (Wildman–Crippen MR) is 187 cm³/mol. The number of carbonyl (C=O) groups is 6. The molecule has 1 aromatic carbocycles. The van der Waals surface area contributed by atoms with E-state index in [1.165, 1.54) is 6.92 Å². The molecule has 0 unspecified atom stereocenters. The van der Waals surface area contributed by atoms with E-state index in [0.717, 1.165) is 0 Å². The summed E-state index contributed by atoms with van der Waals surface area (Å²) >= 11 is 0. The average Bonchev–Trinajstić information content (AvgIpc) is 3.09. The van der Waals surface area contributed by atoms with Crippen LogP contribution < -0.4 is 32.3 Å². The highest BCUT2D eigenvalue weighted by atomic mass is 16.6. The molecule has 0 aliphatic rings. The van der Waals surface area contributed by atoms with Crippen LogP contribution in [0.1, 0.15) is 58.4 Å². The van der Waals surface area contributed by atoms with Gasteiger partial charge < -0.3 is 61.2 Å². The van der Waals surface area contributed by atoms with Crippen LogP contribution in [-0.4, -0.2) is 119 Å². The number of aliphatic hydroxyl groups is 1. The second-order valence-electron chi connectivity index (χ2n) is 11.9. The third-order valence-corrected chi connectivity index (χ3v) is 7.13. The molecule has 0 heterocycles. The normalized spacial score (nSPS) is 12.1. The van der Waals surface area contributed by atoms with Gasteiger partial charge in [0, 0.05) is 38.0 Å². The molecule has 2 atom stereocenters. The van der Waals surface area contributed by atoms with Crippen LogP contribution in [-0.2, 0) is 49.5 Å². The summed E-state index contributed by atoms with van der Waals surface area (Å²) in [6.45, 7) is 7.84. The molecule has 17 nitrogen and oxygen atoms in total. The first-order chi connectivity index (χ1) is 24.4. The molecule has 51 heavy (non-hydrogen) atoms. The largest absolute Gasteiger partial charge is 0.392 e. The van der Waals surface area contributed by atoms with E-state index in [1.54, 1.807) is 38.1 Å². The number of aliphatic hydroxyl groups excluding tert-OH is 1. The van der Waals surface area contributed by atoms with Gasteiger partial charge in [-0.05, 0) is 43.4 Å². The number of carbonyl (C=O) groups excluding carboxylic acids is 6. The highest BCUT2D eigenvalue weighted by Gasteiger charge is 2.28. The Bertz CT molecular complexity index is 1200. The number of Topliss-reactive ketones (excluding diaryl/α,β-unsaturated/α-hetero) is 1. The van der Waals surface area contributed by atoms with Gasteiger partial charge in [0.25, 0.3) is 0 Å². The number of hydrogen-bond acceptors (Lipinski definition) is 11. The van der Waals surface area contributed by atoms with Gasteiger partial charge in [-0.1, -0.05) is 26.0 Å². The Morgan fingerprint density at radius 3 is 1.84 bits per heavy atom. The maximum absolute atomic E-state index is 13.3. The fraction of sp³-hybridized carbons (Fsp3) is 0.647. The Kier molecular flexibility index (Phi) is 24.2. The minimum Gasteiger partial charge on any atom is -0.392 e. The number of primary amides is 1. The molecule has 0 bridgehead atoms. The number of benzene rings is 1. The van der Waals surface area contributed by atoms with Crippen molar-refractivity contribution in [2.45, 2.75) is 71.6 Å². The first-order valence-corrected chi connectivity index (χ1v) is 17.1. The number of ketones is 1. The molecule has 0 saturated heterocycles. The van der Waals surface area contributed by atoms with Gasteiger partial charge in [0.05, 0.1) is 59.5 Å². The summed E-state index contributed by atoms with van der Waals surface area (Å²) in [4.78, 5) is 72.4. The van der Waals surface area contributed by atoms with Gasteiger partial charge in [-0.15, -0.1) is 0 Å². The molecular formula is C34H56N6O11. The van der Waals surface area contributed by atoms with Gasteiger partial charge in [0.1, 0.15) is 17.9 Å². The number of nitrogens with two attached hydrogens (primary N) is 1. The lowest BCUT2D eigenvalue weighted by Crippen LogP contribution is -2.54. The highest BCUT2D eigenvalue weighted by molar-refractivity contribution is 5.98. The molecule has 0 saturated carbocycles. The number of hydrogen-bond donors (Lipinski definition) is 7. The molecule has 17 heteroatoms. The second-order valence-corrected chi connectivity index (χ2v) is 11.9. The maximum Gasteiger partial charge on any atom is 0.312 e. The van der Waals surface area contributed by atoms with E-state index in [1.807, 2.05) is 0 Å². The van der Waals surface area contributed by atoms with Gasteiger partial charge in [0.2, 0.25) is 23.6 Å². The Morgan fingerprint density at radius 1 is 0.706 bits per heavy atom. The number of anilines is 1. The van der Waals surface area contributed by atoms with Gasteiger partial charge >= 0.3 is 6.03 Å². The number of amides is 6. The quantitative estimate of drug-likeness (QED) is 0.0548. The van der Waals surface area contributed by atoms with E-state index < -0.39 is 35.8 Å². The zero-order valence-corrected chi connectivity index (χ0v) is 30.0. The van der Waals surface area contributed by atoms with Crippen LogP contribution in [0.25, 0.3) is 0 Å². The van der Waals surface area contributed by atoms with Crippen molar-refractivity contribution in [3.05, 3.63) is 29.8 Å². The molecule has 0 spiro atoms. The molecule has 0 aromatic heterocycles. The van der Waals surface area contributed by atoms with Crippen LogP contribution in [0.3, 0.4) is 0 Å². The summed E-state index contributed by atoms with van der Waals surface area (Å²) in [6, 6.07) is 3.99. The molecule has 1 rings (SSSR count). The van der Waals surface area contributed by atoms with Crippen molar-refractivity contribution >= 4 is 41.1 Å². The molecule has 0 aliphatic carbocycles. The van der Waals surface area contributed by atoms with E-state index >= 15 is 0 Å². The lowest BCUT2D eigenvalue weighted by Gasteiger charge is -2.25. The van der Waals surface area contributed by atoms with Crippen molar-refractivity contribution in [2.75, 3.05) is 71.3 Å². The summed E-state index contributed by atoms with van der Waals surface area (Å²) in [5.74, 6) is -1.92. The summed E-state index contributed by atoms with van der Waals surface area (Å²) in [6.07, 6.45) is 0.952. The van der Waals surface area contributed by atoms with Crippen LogP contribution >= 0.6 is 0 Å². The third kappa shape index (κ3) is 23.0. The average molecular weight is 725 g/mol. The summed E-state index contributed by atoms with van der Waals surface area (Å²) in [7, 11) is 0. The van der Waals surface area contributed by atoms with E-state index in [4.69, 9.17) is 24.7 Å². The van der Waals surface area contributed by atoms with Gasteiger partial charge in [-0.25, -0.2) is 4.79 Å². The van der Waals surface area contributed by atoms with Crippen LogP contribution in [0, 0.1) is 5.92 Å². The zero-order valence-electron chi connectivity index (χ0n) is 30.0. The number of ether oxygens (including phenoxy) is 4. The van der Waals surface area contributed by atoms with Gasteiger partial charge in [0.15, 0.2) is 0 Å². The fourth-order valence-electron chi connectivity index (χ4n) is 4.32.